The first-order valence-electron chi connectivity index (χ1n) is 6.35. The van der Waals surface area contributed by atoms with E-state index in [2.05, 4.69) is 0 Å². The van der Waals surface area contributed by atoms with Crippen molar-refractivity contribution in [1.82, 2.24) is 0 Å². The van der Waals surface area contributed by atoms with Gasteiger partial charge in [-0.2, -0.15) is 0 Å². The van der Waals surface area contributed by atoms with Gasteiger partial charge in [-0.15, -0.1) is 0 Å². The van der Waals surface area contributed by atoms with Crippen LogP contribution in [0.5, 0.6) is 5.75 Å². The number of hydrogen-bond donors (Lipinski definition) is 0. The number of benzene rings is 2. The molecule has 5 heteroatoms. The number of ether oxygens (including phenoxy) is 1. The Hall–Kier alpha value is -2.95. The van der Waals surface area contributed by atoms with E-state index < -0.39 is 17.8 Å². The van der Waals surface area contributed by atoms with E-state index in [1.165, 1.54) is 6.92 Å². The number of nitrogens with zero attached hydrogens (tertiary/aromatic N) is 1. The summed E-state index contributed by atoms with van der Waals surface area (Å²) in [5.41, 5.74) is 0.958. The lowest BCUT2D eigenvalue weighted by Crippen LogP contribution is -2.30. The zero-order valence-electron chi connectivity index (χ0n) is 11.2. The number of anilines is 1. The van der Waals surface area contributed by atoms with Crippen LogP contribution in [0.4, 0.5) is 5.69 Å². The van der Waals surface area contributed by atoms with Crippen LogP contribution in [0.2, 0.25) is 0 Å². The summed E-state index contributed by atoms with van der Waals surface area (Å²) in [6.45, 7) is 1.26. The van der Waals surface area contributed by atoms with Crippen molar-refractivity contribution in [2.45, 2.75) is 6.92 Å². The molecule has 0 atom stereocenters. The third-order valence-electron chi connectivity index (χ3n) is 3.15. The van der Waals surface area contributed by atoms with Gasteiger partial charge in [0.1, 0.15) is 0 Å². The summed E-state index contributed by atoms with van der Waals surface area (Å²) in [5, 5.41) is 0. The van der Waals surface area contributed by atoms with Gasteiger partial charge in [0.25, 0.3) is 11.8 Å². The first-order valence-corrected chi connectivity index (χ1v) is 6.35. The highest BCUT2D eigenvalue weighted by Gasteiger charge is 2.37. The molecule has 0 aliphatic carbocycles. The van der Waals surface area contributed by atoms with Crippen molar-refractivity contribution in [3.8, 4) is 5.75 Å². The molecule has 0 radical (unpaired) electrons. The van der Waals surface area contributed by atoms with Crippen molar-refractivity contribution in [2.75, 3.05) is 4.90 Å². The summed E-state index contributed by atoms with van der Waals surface area (Å²) in [5.74, 6) is -1.18. The Morgan fingerprint density at radius 1 is 0.905 bits per heavy atom. The molecule has 1 heterocycles. The normalized spacial score (nSPS) is 13.3. The fraction of sp³-hybridized carbons (Fsp3) is 0.0625. The van der Waals surface area contributed by atoms with Crippen LogP contribution < -0.4 is 9.64 Å². The van der Waals surface area contributed by atoms with Crippen LogP contribution in [0.1, 0.15) is 27.6 Å². The van der Waals surface area contributed by atoms with Crippen LogP contribution in [0.3, 0.4) is 0 Å². The topological polar surface area (TPSA) is 63.7 Å². The summed E-state index contributed by atoms with van der Waals surface area (Å²) in [6, 6.07) is 13.1. The fourth-order valence-corrected chi connectivity index (χ4v) is 2.29. The molecule has 1 aliphatic rings. The molecule has 104 valence electrons. The monoisotopic (exact) mass is 281 g/mol. The number of para-hydroxylation sites is 2. The van der Waals surface area contributed by atoms with Gasteiger partial charge in [-0.3, -0.25) is 14.4 Å². The van der Waals surface area contributed by atoms with Crippen LogP contribution in [0.15, 0.2) is 48.5 Å². The zero-order valence-corrected chi connectivity index (χ0v) is 11.2. The van der Waals surface area contributed by atoms with E-state index >= 15 is 0 Å². The fourth-order valence-electron chi connectivity index (χ4n) is 2.29. The molecule has 1 aliphatic heterocycles. The van der Waals surface area contributed by atoms with Gasteiger partial charge >= 0.3 is 5.97 Å². The van der Waals surface area contributed by atoms with Crippen LogP contribution in [-0.4, -0.2) is 17.8 Å². The molecule has 0 bridgehead atoms. The second kappa shape index (κ2) is 4.86. The third kappa shape index (κ3) is 2.08. The number of fused-ring (bicyclic) bond motifs is 1. The van der Waals surface area contributed by atoms with Crippen molar-refractivity contribution in [3.05, 3.63) is 59.7 Å². The van der Waals surface area contributed by atoms with Gasteiger partial charge in [0, 0.05) is 6.92 Å². The van der Waals surface area contributed by atoms with Gasteiger partial charge in [-0.05, 0) is 24.3 Å². The van der Waals surface area contributed by atoms with E-state index in [4.69, 9.17) is 4.74 Å². The third-order valence-corrected chi connectivity index (χ3v) is 3.15. The zero-order chi connectivity index (χ0) is 15.0. The van der Waals surface area contributed by atoms with Crippen molar-refractivity contribution in [1.29, 1.82) is 0 Å². The van der Waals surface area contributed by atoms with Crippen molar-refractivity contribution in [2.24, 2.45) is 0 Å². The average molecular weight is 281 g/mol. The molecular formula is C16H11NO4. The Bertz CT molecular complexity index is 731. The Labute approximate surface area is 120 Å². The molecule has 2 aromatic carbocycles. The van der Waals surface area contributed by atoms with Gasteiger partial charge in [-0.25, -0.2) is 4.90 Å². The molecule has 0 saturated carbocycles. The van der Waals surface area contributed by atoms with Crippen LogP contribution in [0, 0.1) is 0 Å². The van der Waals surface area contributed by atoms with E-state index in [-0.39, 0.29) is 11.4 Å². The molecule has 0 spiro atoms. The standard InChI is InChI=1S/C16H11NO4/c1-10(18)21-14-9-5-4-8-13(14)17-15(19)11-6-2-3-7-12(11)16(17)20/h2-9H,1H3. The maximum absolute atomic E-state index is 12.4. The number of carbonyl (C=O) groups is 3. The molecule has 0 unspecified atom stereocenters. The number of imide groups is 1. The van der Waals surface area contributed by atoms with Gasteiger partial charge in [0.15, 0.2) is 5.75 Å². The highest BCUT2D eigenvalue weighted by molar-refractivity contribution is 6.34. The smallest absolute Gasteiger partial charge is 0.308 e. The molecule has 0 saturated heterocycles. The van der Waals surface area contributed by atoms with E-state index in [0.717, 1.165) is 4.90 Å². The lowest BCUT2D eigenvalue weighted by Gasteiger charge is -2.17. The van der Waals surface area contributed by atoms with Crippen LogP contribution >= 0.6 is 0 Å². The molecule has 3 rings (SSSR count). The van der Waals surface area contributed by atoms with Gasteiger partial charge in [0.05, 0.1) is 16.8 Å². The number of esters is 1. The first-order chi connectivity index (χ1) is 10.1. The Kier molecular flexibility index (Phi) is 3.02. The molecule has 0 fully saturated rings. The van der Waals surface area contributed by atoms with E-state index in [1.54, 1.807) is 48.5 Å². The Morgan fingerprint density at radius 3 is 2.00 bits per heavy atom. The summed E-state index contributed by atoms with van der Waals surface area (Å²) >= 11 is 0. The quantitative estimate of drug-likeness (QED) is 0.482. The molecule has 5 nitrogen and oxygen atoms in total. The predicted molar refractivity (Wildman–Crippen MR) is 75.3 cm³/mol. The lowest BCUT2D eigenvalue weighted by atomic mass is 10.1. The first kappa shape index (κ1) is 13.1. The second-order valence-electron chi connectivity index (χ2n) is 4.55. The van der Waals surface area contributed by atoms with Crippen LogP contribution in [0.25, 0.3) is 0 Å². The maximum Gasteiger partial charge on any atom is 0.308 e. The maximum atomic E-state index is 12.4. The lowest BCUT2D eigenvalue weighted by molar-refractivity contribution is -0.131. The molecule has 0 N–H and O–H groups in total. The highest BCUT2D eigenvalue weighted by atomic mass is 16.5. The Balaban J connectivity index is 2.09. The highest BCUT2D eigenvalue weighted by Crippen LogP contribution is 2.34. The minimum Gasteiger partial charge on any atom is -0.424 e. The molecule has 0 aromatic heterocycles. The van der Waals surface area contributed by atoms with Gasteiger partial charge in [0.2, 0.25) is 0 Å². The minimum absolute atomic E-state index is 0.180. The van der Waals surface area contributed by atoms with Gasteiger partial charge in [-0.1, -0.05) is 24.3 Å². The Morgan fingerprint density at radius 2 is 1.43 bits per heavy atom. The predicted octanol–water partition coefficient (Wildman–Crippen LogP) is 2.41. The number of hydrogen-bond acceptors (Lipinski definition) is 4. The molecule has 2 aromatic rings. The van der Waals surface area contributed by atoms with Crippen molar-refractivity contribution < 1.29 is 19.1 Å². The van der Waals surface area contributed by atoms with E-state index in [9.17, 15) is 14.4 Å². The SMILES string of the molecule is CC(=O)Oc1ccccc1N1C(=O)c2ccccc2C1=O. The minimum atomic E-state index is -0.515. The average Bonchev–Trinajstić information content (AvgIpc) is 2.72. The van der Waals surface area contributed by atoms with Crippen LogP contribution in [-0.2, 0) is 4.79 Å². The second-order valence-corrected chi connectivity index (χ2v) is 4.55. The molecule has 2 amide bonds. The summed E-state index contributed by atoms with van der Waals surface area (Å²) in [4.78, 5) is 37.0. The van der Waals surface area contributed by atoms with E-state index in [0.29, 0.717) is 11.1 Å². The van der Waals surface area contributed by atoms with E-state index in [1.807, 2.05) is 0 Å². The molecular weight excluding hydrogens is 270 g/mol. The van der Waals surface area contributed by atoms with Crippen molar-refractivity contribution in [3.63, 3.8) is 0 Å². The largest absolute Gasteiger partial charge is 0.424 e. The van der Waals surface area contributed by atoms with Crippen molar-refractivity contribution >= 4 is 23.5 Å². The summed E-state index contributed by atoms with van der Waals surface area (Å²) in [6.07, 6.45) is 0. The summed E-state index contributed by atoms with van der Waals surface area (Å²) in [7, 11) is 0. The summed E-state index contributed by atoms with van der Waals surface area (Å²) < 4.78 is 5.07. The molecule has 21 heavy (non-hydrogen) atoms. The number of carbonyl (C=O) groups excluding carboxylic acids is 3. The number of amides is 2. The van der Waals surface area contributed by atoms with Gasteiger partial charge < -0.3 is 4.74 Å². The number of rotatable bonds is 2.